The van der Waals surface area contributed by atoms with E-state index in [9.17, 15) is 14.7 Å². The van der Waals surface area contributed by atoms with Gasteiger partial charge in [0.2, 0.25) is 5.88 Å². The Hall–Kier alpha value is -2.42. The van der Waals surface area contributed by atoms with Gasteiger partial charge in [-0.25, -0.2) is 14.8 Å². The molecule has 0 bridgehead atoms. The second-order valence-corrected chi connectivity index (χ2v) is 10.9. The van der Waals surface area contributed by atoms with Crippen LogP contribution in [0.4, 0.5) is 4.79 Å². The second-order valence-electron chi connectivity index (χ2n) is 9.77. The molecule has 0 spiro atoms. The largest absolute Gasteiger partial charge is 0.481 e. The van der Waals surface area contributed by atoms with Gasteiger partial charge in [0.25, 0.3) is 0 Å². The third-order valence-corrected chi connectivity index (χ3v) is 7.44. The second kappa shape index (κ2) is 8.84. The number of carbonyl (C=O) groups is 2. The normalized spacial score (nSPS) is 23.1. The Morgan fingerprint density at radius 2 is 1.91 bits per heavy atom. The molecule has 2 aromatic heterocycles. The van der Waals surface area contributed by atoms with Crippen LogP contribution in [-0.2, 0) is 16.0 Å². The van der Waals surface area contributed by atoms with E-state index in [1.807, 2.05) is 20.8 Å². The number of thiophene rings is 1. The van der Waals surface area contributed by atoms with Crippen molar-refractivity contribution in [3.8, 4) is 5.88 Å². The number of aryl methyl sites for hydroxylation is 1. The Balaban J connectivity index is 1.44. The average Bonchev–Trinajstić information content (AvgIpc) is 3.26. The van der Waals surface area contributed by atoms with Crippen LogP contribution in [0.15, 0.2) is 6.33 Å². The van der Waals surface area contributed by atoms with Crippen LogP contribution in [0.2, 0.25) is 0 Å². The van der Waals surface area contributed by atoms with Crippen molar-refractivity contribution in [2.24, 2.45) is 0 Å². The molecule has 2 aliphatic carbocycles. The molecule has 32 heavy (non-hydrogen) atoms. The first-order chi connectivity index (χ1) is 15.1. The molecule has 9 heteroatoms. The lowest BCUT2D eigenvalue weighted by Crippen LogP contribution is -2.43. The number of amides is 1. The number of nitrogens with zero attached hydrogens (tertiary/aromatic N) is 3. The maximum Gasteiger partial charge on any atom is 0.410 e. The molecule has 0 saturated heterocycles. The van der Waals surface area contributed by atoms with E-state index >= 15 is 0 Å². The minimum absolute atomic E-state index is 0.00580. The Morgan fingerprint density at radius 1 is 1.19 bits per heavy atom. The SMILES string of the molecule is CN(C(=O)OC(C)(C)C)[C@H]1CC[C@@H](Oc2ncnc3sc4c(c23)[C@H](CC(=O)O)CC4)CC1. The number of carboxylic acids is 1. The summed E-state index contributed by atoms with van der Waals surface area (Å²) in [4.78, 5) is 36.3. The first-order valence-corrected chi connectivity index (χ1v) is 12.0. The number of ether oxygens (including phenoxy) is 2. The minimum atomic E-state index is -0.783. The molecule has 1 fully saturated rings. The molecule has 1 saturated carbocycles. The van der Waals surface area contributed by atoms with Crippen LogP contribution in [0.3, 0.4) is 0 Å². The van der Waals surface area contributed by atoms with E-state index in [0.29, 0.717) is 5.88 Å². The number of carboxylic acid groups (broad SMARTS) is 1. The van der Waals surface area contributed by atoms with Gasteiger partial charge in [-0.1, -0.05) is 0 Å². The van der Waals surface area contributed by atoms with E-state index in [1.165, 1.54) is 11.2 Å². The van der Waals surface area contributed by atoms with Crippen molar-refractivity contribution in [2.45, 2.75) is 89.4 Å². The highest BCUT2D eigenvalue weighted by molar-refractivity contribution is 7.19. The fourth-order valence-electron chi connectivity index (χ4n) is 4.74. The van der Waals surface area contributed by atoms with Gasteiger partial charge in [-0.2, -0.15) is 0 Å². The Kier molecular flexibility index (Phi) is 6.29. The number of rotatable bonds is 5. The van der Waals surface area contributed by atoms with Gasteiger partial charge in [-0.15, -0.1) is 11.3 Å². The highest BCUT2D eigenvalue weighted by atomic mass is 32.1. The van der Waals surface area contributed by atoms with Crippen molar-refractivity contribution in [3.05, 3.63) is 16.8 Å². The van der Waals surface area contributed by atoms with Gasteiger partial charge < -0.3 is 19.5 Å². The summed E-state index contributed by atoms with van der Waals surface area (Å²) < 4.78 is 11.8. The van der Waals surface area contributed by atoms with Gasteiger partial charge in [0, 0.05) is 18.0 Å². The van der Waals surface area contributed by atoms with E-state index < -0.39 is 11.6 Å². The first-order valence-electron chi connectivity index (χ1n) is 11.2. The molecule has 0 aliphatic heterocycles. The summed E-state index contributed by atoms with van der Waals surface area (Å²) in [6.45, 7) is 5.61. The summed E-state index contributed by atoms with van der Waals surface area (Å²) >= 11 is 1.62. The lowest BCUT2D eigenvalue weighted by atomic mass is 9.92. The van der Waals surface area contributed by atoms with Crippen molar-refractivity contribution in [2.75, 3.05) is 7.05 Å². The molecular weight excluding hydrogens is 430 g/mol. The standard InChI is InChI=1S/C23H31N3O5S/c1-23(2,3)31-22(29)26(4)14-6-8-15(9-7-14)30-20-19-18-13(11-17(27)28)5-10-16(18)32-21(19)25-12-24-20/h12-15H,5-11H2,1-4H3,(H,27,28)/t13-,14-,15+/m0/s1. The summed E-state index contributed by atoms with van der Waals surface area (Å²) in [6.07, 6.45) is 6.38. The van der Waals surface area contributed by atoms with Gasteiger partial charge in [0.15, 0.2) is 0 Å². The van der Waals surface area contributed by atoms with Crippen LogP contribution in [-0.4, -0.2) is 56.8 Å². The third kappa shape index (κ3) is 4.82. The van der Waals surface area contributed by atoms with Crippen LogP contribution >= 0.6 is 11.3 Å². The third-order valence-electron chi connectivity index (χ3n) is 6.27. The molecule has 0 aromatic carbocycles. The van der Waals surface area contributed by atoms with Crippen molar-refractivity contribution in [3.63, 3.8) is 0 Å². The van der Waals surface area contributed by atoms with Crippen LogP contribution in [0.1, 0.15) is 75.7 Å². The monoisotopic (exact) mass is 461 g/mol. The smallest absolute Gasteiger partial charge is 0.410 e. The van der Waals surface area contributed by atoms with E-state index in [4.69, 9.17) is 9.47 Å². The molecule has 0 radical (unpaired) electrons. The van der Waals surface area contributed by atoms with Crippen molar-refractivity contribution >= 4 is 33.6 Å². The summed E-state index contributed by atoms with van der Waals surface area (Å²) in [7, 11) is 1.80. The van der Waals surface area contributed by atoms with E-state index in [1.54, 1.807) is 23.3 Å². The molecule has 1 amide bonds. The topological polar surface area (TPSA) is 102 Å². The molecule has 2 aliphatic rings. The van der Waals surface area contributed by atoms with Gasteiger partial charge in [-0.3, -0.25) is 4.79 Å². The highest BCUT2D eigenvalue weighted by Crippen LogP contribution is 2.47. The highest BCUT2D eigenvalue weighted by Gasteiger charge is 2.33. The van der Waals surface area contributed by atoms with E-state index in [-0.39, 0.29) is 30.6 Å². The Bertz CT molecular complexity index is 1010. The average molecular weight is 462 g/mol. The number of aliphatic carboxylic acids is 1. The molecule has 2 heterocycles. The molecule has 174 valence electrons. The summed E-state index contributed by atoms with van der Waals surface area (Å²) in [5.74, 6) is -0.231. The van der Waals surface area contributed by atoms with Crippen molar-refractivity contribution in [1.29, 1.82) is 0 Å². The molecule has 2 aromatic rings. The van der Waals surface area contributed by atoms with Gasteiger partial charge in [0.1, 0.15) is 22.9 Å². The van der Waals surface area contributed by atoms with Crippen LogP contribution < -0.4 is 4.74 Å². The Morgan fingerprint density at radius 3 is 2.56 bits per heavy atom. The van der Waals surface area contributed by atoms with Gasteiger partial charge in [-0.05, 0) is 70.8 Å². The lowest BCUT2D eigenvalue weighted by Gasteiger charge is -2.35. The van der Waals surface area contributed by atoms with E-state index in [2.05, 4.69) is 9.97 Å². The quantitative estimate of drug-likeness (QED) is 0.685. The number of carbonyl (C=O) groups excluding carboxylic acids is 1. The van der Waals surface area contributed by atoms with Crippen molar-refractivity contribution < 1.29 is 24.2 Å². The zero-order chi connectivity index (χ0) is 23.0. The fraction of sp³-hybridized carbons (Fsp3) is 0.652. The Labute approximate surface area is 191 Å². The van der Waals surface area contributed by atoms with Gasteiger partial charge >= 0.3 is 12.1 Å². The van der Waals surface area contributed by atoms with E-state index in [0.717, 1.165) is 54.3 Å². The summed E-state index contributed by atoms with van der Waals surface area (Å²) in [5, 5.41) is 10.2. The van der Waals surface area contributed by atoms with Crippen molar-refractivity contribution in [1.82, 2.24) is 14.9 Å². The lowest BCUT2D eigenvalue weighted by molar-refractivity contribution is -0.137. The maximum atomic E-state index is 12.4. The molecule has 1 atom stereocenters. The van der Waals surface area contributed by atoms with Crippen LogP contribution in [0.25, 0.3) is 10.2 Å². The molecule has 1 N–H and O–H groups in total. The fourth-order valence-corrected chi connectivity index (χ4v) is 5.97. The summed E-state index contributed by atoms with van der Waals surface area (Å²) in [5.41, 5.74) is 0.560. The first kappa shape index (κ1) is 22.8. The number of aromatic nitrogens is 2. The molecule has 8 nitrogen and oxygen atoms in total. The zero-order valence-electron chi connectivity index (χ0n) is 19.1. The molecule has 0 unspecified atom stereocenters. The minimum Gasteiger partial charge on any atom is -0.481 e. The summed E-state index contributed by atoms with van der Waals surface area (Å²) in [6, 6.07) is 0.125. The number of hydrogen-bond acceptors (Lipinski definition) is 7. The molecule has 4 rings (SSSR count). The maximum absolute atomic E-state index is 12.4. The molecular formula is C23H31N3O5S. The van der Waals surface area contributed by atoms with Gasteiger partial charge in [0.05, 0.1) is 11.8 Å². The number of hydrogen-bond donors (Lipinski definition) is 1. The van der Waals surface area contributed by atoms with Crippen LogP contribution in [0.5, 0.6) is 5.88 Å². The predicted octanol–water partition coefficient (Wildman–Crippen LogP) is 4.75. The number of fused-ring (bicyclic) bond motifs is 3. The zero-order valence-corrected chi connectivity index (χ0v) is 19.9. The predicted molar refractivity (Wildman–Crippen MR) is 121 cm³/mol. The van der Waals surface area contributed by atoms with Crippen LogP contribution in [0, 0.1) is 0 Å².